The molecule has 0 saturated heterocycles. The maximum absolute atomic E-state index is 12.3. The lowest BCUT2D eigenvalue weighted by Crippen LogP contribution is -2.49. The smallest absolute Gasteiger partial charge is 0.303 e. The van der Waals surface area contributed by atoms with E-state index in [4.69, 9.17) is 10.8 Å². The number of amides is 1. The van der Waals surface area contributed by atoms with Gasteiger partial charge in [-0.05, 0) is 45.6 Å². The average molecular weight is 270 g/mol. The number of carboxylic acids is 1. The monoisotopic (exact) mass is 270 g/mol. The molecule has 2 unspecified atom stereocenters. The van der Waals surface area contributed by atoms with Crippen LogP contribution in [0.5, 0.6) is 0 Å². The molecule has 5 heteroatoms. The first-order valence-corrected chi connectivity index (χ1v) is 7.09. The van der Waals surface area contributed by atoms with Gasteiger partial charge in [-0.2, -0.15) is 0 Å². The molecule has 1 amide bonds. The quantitative estimate of drug-likeness (QED) is 0.682. The van der Waals surface area contributed by atoms with Gasteiger partial charge in [0.2, 0.25) is 5.91 Å². The van der Waals surface area contributed by atoms with Crippen LogP contribution in [0, 0.1) is 11.8 Å². The summed E-state index contributed by atoms with van der Waals surface area (Å²) in [7, 11) is 0. The first kappa shape index (κ1) is 16.0. The van der Waals surface area contributed by atoms with Crippen molar-refractivity contribution in [2.45, 2.75) is 57.9 Å². The van der Waals surface area contributed by atoms with Crippen molar-refractivity contribution < 1.29 is 14.7 Å². The Kier molecular flexibility index (Phi) is 5.79. The van der Waals surface area contributed by atoms with Gasteiger partial charge < -0.3 is 16.2 Å². The van der Waals surface area contributed by atoms with Crippen molar-refractivity contribution in [3.8, 4) is 0 Å². The summed E-state index contributed by atoms with van der Waals surface area (Å²) in [6.45, 7) is 4.29. The third-order valence-corrected chi connectivity index (χ3v) is 3.97. The number of aliphatic carboxylic acids is 1. The Morgan fingerprint density at radius 2 is 1.95 bits per heavy atom. The minimum atomic E-state index is -0.833. The number of hydrogen-bond donors (Lipinski definition) is 3. The number of carbonyl (C=O) groups excluding carboxylic acids is 1. The Morgan fingerprint density at radius 1 is 1.32 bits per heavy atom. The van der Waals surface area contributed by atoms with Gasteiger partial charge in [0.05, 0.1) is 0 Å². The summed E-state index contributed by atoms with van der Waals surface area (Å²) in [5.74, 6) is -0.544. The summed E-state index contributed by atoms with van der Waals surface area (Å²) in [6, 6.07) is 0. The molecule has 1 rings (SSSR count). The molecule has 0 aromatic carbocycles. The van der Waals surface area contributed by atoms with Gasteiger partial charge in [0, 0.05) is 17.9 Å². The molecule has 1 saturated carbocycles. The summed E-state index contributed by atoms with van der Waals surface area (Å²) in [5.41, 5.74) is 5.26. The molecular formula is C14H26N2O3. The molecule has 0 heterocycles. The molecular weight excluding hydrogens is 244 g/mol. The van der Waals surface area contributed by atoms with Gasteiger partial charge >= 0.3 is 5.97 Å². The highest BCUT2D eigenvalue weighted by atomic mass is 16.4. The second-order valence-electron chi connectivity index (χ2n) is 6.15. The van der Waals surface area contributed by atoms with Crippen molar-refractivity contribution in [2.75, 3.05) is 6.54 Å². The van der Waals surface area contributed by atoms with E-state index in [1.807, 2.05) is 13.8 Å². The fraction of sp³-hybridized carbons (Fsp3) is 0.857. The van der Waals surface area contributed by atoms with Crippen LogP contribution in [0.4, 0.5) is 0 Å². The normalized spacial score (nSPS) is 23.9. The van der Waals surface area contributed by atoms with E-state index < -0.39 is 11.5 Å². The summed E-state index contributed by atoms with van der Waals surface area (Å²) >= 11 is 0. The van der Waals surface area contributed by atoms with E-state index in [9.17, 15) is 9.59 Å². The highest BCUT2D eigenvalue weighted by molar-refractivity contribution is 5.80. The molecule has 0 aromatic heterocycles. The van der Waals surface area contributed by atoms with E-state index in [1.54, 1.807) is 0 Å². The van der Waals surface area contributed by atoms with Crippen molar-refractivity contribution in [3.05, 3.63) is 0 Å². The van der Waals surface area contributed by atoms with Crippen LogP contribution < -0.4 is 11.1 Å². The van der Waals surface area contributed by atoms with Crippen LogP contribution in [-0.2, 0) is 9.59 Å². The Hall–Kier alpha value is -1.10. The van der Waals surface area contributed by atoms with Crippen molar-refractivity contribution in [1.82, 2.24) is 5.32 Å². The standard InChI is InChI=1S/C14H26N2O3/c1-14(2,8-7-12(17)18)16-13(19)11-6-4-3-5-10(11)9-15/h10-11H,3-9,15H2,1-2H3,(H,16,19)(H,17,18). The topological polar surface area (TPSA) is 92.4 Å². The van der Waals surface area contributed by atoms with Crippen molar-refractivity contribution >= 4 is 11.9 Å². The molecule has 4 N–H and O–H groups in total. The van der Waals surface area contributed by atoms with Crippen LogP contribution in [0.1, 0.15) is 52.4 Å². The average Bonchev–Trinajstić information content (AvgIpc) is 2.36. The molecule has 2 atom stereocenters. The minimum Gasteiger partial charge on any atom is -0.481 e. The van der Waals surface area contributed by atoms with Gasteiger partial charge in [-0.1, -0.05) is 12.8 Å². The summed E-state index contributed by atoms with van der Waals surface area (Å²) in [4.78, 5) is 22.9. The van der Waals surface area contributed by atoms with Gasteiger partial charge in [0.25, 0.3) is 0 Å². The molecule has 0 spiro atoms. The molecule has 0 aromatic rings. The van der Waals surface area contributed by atoms with Crippen LogP contribution >= 0.6 is 0 Å². The highest BCUT2D eigenvalue weighted by Gasteiger charge is 2.32. The Bertz CT molecular complexity index is 329. The predicted molar refractivity (Wildman–Crippen MR) is 73.6 cm³/mol. The van der Waals surface area contributed by atoms with Crippen LogP contribution in [0.15, 0.2) is 0 Å². The molecule has 19 heavy (non-hydrogen) atoms. The number of carboxylic acid groups (broad SMARTS) is 1. The molecule has 0 bridgehead atoms. The largest absolute Gasteiger partial charge is 0.481 e. The predicted octanol–water partition coefficient (Wildman–Crippen LogP) is 1.51. The zero-order valence-electron chi connectivity index (χ0n) is 11.9. The van der Waals surface area contributed by atoms with E-state index in [-0.39, 0.29) is 24.2 Å². The zero-order valence-corrected chi connectivity index (χ0v) is 11.9. The van der Waals surface area contributed by atoms with Gasteiger partial charge in [-0.3, -0.25) is 9.59 Å². The molecule has 1 fully saturated rings. The maximum Gasteiger partial charge on any atom is 0.303 e. The lowest BCUT2D eigenvalue weighted by Gasteiger charge is -2.33. The van der Waals surface area contributed by atoms with Crippen LogP contribution in [0.3, 0.4) is 0 Å². The van der Waals surface area contributed by atoms with Gasteiger partial charge in [0.15, 0.2) is 0 Å². The van der Waals surface area contributed by atoms with Gasteiger partial charge in [-0.25, -0.2) is 0 Å². The molecule has 1 aliphatic rings. The number of hydrogen-bond acceptors (Lipinski definition) is 3. The maximum atomic E-state index is 12.3. The Morgan fingerprint density at radius 3 is 2.53 bits per heavy atom. The number of nitrogens with two attached hydrogens (primary N) is 1. The van der Waals surface area contributed by atoms with Crippen LogP contribution in [-0.4, -0.2) is 29.1 Å². The second kappa shape index (κ2) is 6.89. The zero-order chi connectivity index (χ0) is 14.5. The van der Waals surface area contributed by atoms with E-state index in [2.05, 4.69) is 5.32 Å². The minimum absolute atomic E-state index is 0.0112. The van der Waals surface area contributed by atoms with E-state index in [0.29, 0.717) is 13.0 Å². The van der Waals surface area contributed by atoms with Crippen molar-refractivity contribution in [1.29, 1.82) is 0 Å². The molecule has 1 aliphatic carbocycles. The van der Waals surface area contributed by atoms with Crippen molar-refractivity contribution in [2.24, 2.45) is 17.6 Å². The lowest BCUT2D eigenvalue weighted by molar-refractivity contribution is -0.138. The van der Waals surface area contributed by atoms with E-state index in [0.717, 1.165) is 25.7 Å². The third kappa shape index (κ3) is 5.19. The number of rotatable bonds is 6. The molecule has 0 aliphatic heterocycles. The molecule has 110 valence electrons. The summed E-state index contributed by atoms with van der Waals surface area (Å²) in [5, 5.41) is 11.7. The summed E-state index contributed by atoms with van der Waals surface area (Å²) in [6.07, 6.45) is 4.64. The summed E-state index contributed by atoms with van der Waals surface area (Å²) < 4.78 is 0. The number of nitrogens with one attached hydrogen (secondary N) is 1. The number of carbonyl (C=O) groups is 2. The fourth-order valence-electron chi connectivity index (χ4n) is 2.74. The first-order valence-electron chi connectivity index (χ1n) is 7.09. The Labute approximate surface area is 114 Å². The molecule has 5 nitrogen and oxygen atoms in total. The van der Waals surface area contributed by atoms with Gasteiger partial charge in [-0.15, -0.1) is 0 Å². The first-order chi connectivity index (χ1) is 8.85. The Balaban J connectivity index is 2.54. The fourth-order valence-corrected chi connectivity index (χ4v) is 2.74. The van der Waals surface area contributed by atoms with Crippen LogP contribution in [0.25, 0.3) is 0 Å². The van der Waals surface area contributed by atoms with E-state index >= 15 is 0 Å². The van der Waals surface area contributed by atoms with Gasteiger partial charge in [0.1, 0.15) is 0 Å². The lowest BCUT2D eigenvalue weighted by atomic mass is 9.78. The third-order valence-electron chi connectivity index (χ3n) is 3.97. The SMILES string of the molecule is CC(C)(CCC(=O)O)NC(=O)C1CCCCC1CN. The van der Waals surface area contributed by atoms with E-state index in [1.165, 1.54) is 0 Å². The van der Waals surface area contributed by atoms with Crippen molar-refractivity contribution in [3.63, 3.8) is 0 Å². The second-order valence-corrected chi connectivity index (χ2v) is 6.15. The highest BCUT2D eigenvalue weighted by Crippen LogP contribution is 2.30. The molecule has 0 radical (unpaired) electrons. The van der Waals surface area contributed by atoms with Crippen LogP contribution in [0.2, 0.25) is 0 Å².